The van der Waals surface area contributed by atoms with Gasteiger partial charge in [0.25, 0.3) is 0 Å². The van der Waals surface area contributed by atoms with Gasteiger partial charge in [0.2, 0.25) is 5.91 Å². The number of carbonyl (C=O) groups is 1. The van der Waals surface area contributed by atoms with E-state index in [4.69, 9.17) is 0 Å². The van der Waals surface area contributed by atoms with E-state index in [0.717, 1.165) is 16.8 Å². The van der Waals surface area contributed by atoms with Crippen LogP contribution in [0.15, 0.2) is 48.5 Å². The van der Waals surface area contributed by atoms with E-state index in [0.29, 0.717) is 13.0 Å². The molecule has 0 bridgehead atoms. The van der Waals surface area contributed by atoms with Crippen LogP contribution in [0.3, 0.4) is 0 Å². The Labute approximate surface area is 119 Å². The molecule has 0 fully saturated rings. The predicted molar refractivity (Wildman–Crippen MR) is 81.0 cm³/mol. The highest BCUT2D eigenvalue weighted by molar-refractivity contribution is 5.94. The SMILES string of the molecule is CCN(C(=O)Cc1cccc(C)c1)c1cccc(O)c1. The zero-order valence-electron chi connectivity index (χ0n) is 11.8. The van der Waals surface area contributed by atoms with Crippen molar-refractivity contribution in [3.05, 3.63) is 59.7 Å². The fraction of sp³-hybridized carbons (Fsp3) is 0.235. The van der Waals surface area contributed by atoms with Crippen molar-refractivity contribution in [3.63, 3.8) is 0 Å². The maximum absolute atomic E-state index is 12.4. The molecule has 0 saturated heterocycles. The minimum Gasteiger partial charge on any atom is -0.508 e. The van der Waals surface area contributed by atoms with Gasteiger partial charge in [0.15, 0.2) is 0 Å². The van der Waals surface area contributed by atoms with Crippen LogP contribution in [0.1, 0.15) is 18.1 Å². The molecule has 2 aromatic rings. The second kappa shape index (κ2) is 6.24. The molecular weight excluding hydrogens is 250 g/mol. The number of likely N-dealkylation sites (N-methyl/N-ethyl adjacent to an activating group) is 1. The molecule has 0 atom stereocenters. The number of nitrogens with zero attached hydrogens (tertiary/aromatic N) is 1. The third kappa shape index (κ3) is 3.38. The summed E-state index contributed by atoms with van der Waals surface area (Å²) in [4.78, 5) is 14.1. The minimum atomic E-state index is 0.0312. The first-order valence-electron chi connectivity index (χ1n) is 6.75. The smallest absolute Gasteiger partial charge is 0.231 e. The first-order valence-corrected chi connectivity index (χ1v) is 6.75. The molecular formula is C17H19NO2. The standard InChI is InChI=1S/C17H19NO2/c1-3-18(15-8-5-9-16(19)12-15)17(20)11-14-7-4-6-13(2)10-14/h4-10,12,19H,3,11H2,1-2H3. The van der Waals surface area contributed by atoms with Crippen LogP contribution < -0.4 is 4.90 Å². The average Bonchev–Trinajstić information content (AvgIpc) is 2.39. The van der Waals surface area contributed by atoms with Crippen molar-refractivity contribution in [1.29, 1.82) is 0 Å². The summed E-state index contributed by atoms with van der Waals surface area (Å²) < 4.78 is 0. The van der Waals surface area contributed by atoms with Gasteiger partial charge < -0.3 is 10.0 Å². The van der Waals surface area contributed by atoms with Crippen molar-refractivity contribution in [1.82, 2.24) is 0 Å². The Hall–Kier alpha value is -2.29. The lowest BCUT2D eigenvalue weighted by molar-refractivity contribution is -0.117. The minimum absolute atomic E-state index is 0.0312. The van der Waals surface area contributed by atoms with Crippen molar-refractivity contribution in [3.8, 4) is 5.75 Å². The second-order valence-electron chi connectivity index (χ2n) is 4.82. The fourth-order valence-electron chi connectivity index (χ4n) is 2.26. The van der Waals surface area contributed by atoms with Crippen LogP contribution in [0.5, 0.6) is 5.75 Å². The summed E-state index contributed by atoms with van der Waals surface area (Å²) >= 11 is 0. The second-order valence-corrected chi connectivity index (χ2v) is 4.82. The Balaban J connectivity index is 2.17. The Morgan fingerprint density at radius 1 is 1.15 bits per heavy atom. The molecule has 0 aromatic heterocycles. The molecule has 0 aliphatic heterocycles. The molecule has 2 rings (SSSR count). The van der Waals surface area contributed by atoms with Crippen molar-refractivity contribution in [2.75, 3.05) is 11.4 Å². The number of aryl methyl sites for hydroxylation is 1. The molecule has 0 saturated carbocycles. The number of anilines is 1. The molecule has 0 radical (unpaired) electrons. The average molecular weight is 269 g/mol. The third-order valence-corrected chi connectivity index (χ3v) is 3.20. The van der Waals surface area contributed by atoms with Gasteiger partial charge in [0.1, 0.15) is 5.75 Å². The number of aromatic hydroxyl groups is 1. The van der Waals surface area contributed by atoms with Crippen molar-refractivity contribution < 1.29 is 9.90 Å². The highest BCUT2D eigenvalue weighted by Crippen LogP contribution is 2.21. The number of amides is 1. The lowest BCUT2D eigenvalue weighted by atomic mass is 10.1. The summed E-state index contributed by atoms with van der Waals surface area (Å²) in [6, 6.07) is 14.7. The Kier molecular flexibility index (Phi) is 4.41. The predicted octanol–water partition coefficient (Wildman–Crippen LogP) is 3.30. The molecule has 3 heteroatoms. The maximum atomic E-state index is 12.4. The van der Waals surface area contributed by atoms with Gasteiger partial charge in [-0.2, -0.15) is 0 Å². The Bertz CT molecular complexity index is 607. The quantitative estimate of drug-likeness (QED) is 0.925. The van der Waals surface area contributed by atoms with Gasteiger partial charge in [-0.25, -0.2) is 0 Å². The summed E-state index contributed by atoms with van der Waals surface area (Å²) in [5, 5.41) is 9.53. The van der Waals surface area contributed by atoms with Gasteiger partial charge in [-0.15, -0.1) is 0 Å². The van der Waals surface area contributed by atoms with Crippen LogP contribution in [0.25, 0.3) is 0 Å². The van der Waals surface area contributed by atoms with Crippen molar-refractivity contribution in [2.45, 2.75) is 20.3 Å². The molecule has 1 N–H and O–H groups in total. The van der Waals surface area contributed by atoms with E-state index in [9.17, 15) is 9.90 Å². The summed E-state index contributed by atoms with van der Waals surface area (Å²) in [6.07, 6.45) is 0.366. The molecule has 0 heterocycles. The van der Waals surface area contributed by atoms with E-state index >= 15 is 0 Å². The highest BCUT2D eigenvalue weighted by atomic mass is 16.3. The number of benzene rings is 2. The molecule has 0 spiro atoms. The van der Waals surface area contributed by atoms with Gasteiger partial charge in [0, 0.05) is 18.3 Å². The van der Waals surface area contributed by atoms with Crippen LogP contribution in [0.2, 0.25) is 0 Å². The zero-order chi connectivity index (χ0) is 14.5. The van der Waals surface area contributed by atoms with Gasteiger partial charge in [-0.3, -0.25) is 4.79 Å². The molecule has 104 valence electrons. The monoisotopic (exact) mass is 269 g/mol. The van der Waals surface area contributed by atoms with Gasteiger partial charge >= 0.3 is 0 Å². The van der Waals surface area contributed by atoms with E-state index in [2.05, 4.69) is 0 Å². The summed E-state index contributed by atoms with van der Waals surface area (Å²) in [6.45, 7) is 4.52. The molecule has 0 aliphatic carbocycles. The van der Waals surface area contributed by atoms with Crippen LogP contribution in [-0.2, 0) is 11.2 Å². The van der Waals surface area contributed by atoms with Gasteiger partial charge in [0.05, 0.1) is 6.42 Å². The number of phenols is 1. The lowest BCUT2D eigenvalue weighted by Gasteiger charge is -2.21. The molecule has 20 heavy (non-hydrogen) atoms. The van der Waals surface area contributed by atoms with Crippen molar-refractivity contribution in [2.24, 2.45) is 0 Å². The summed E-state index contributed by atoms with van der Waals surface area (Å²) in [7, 11) is 0. The summed E-state index contributed by atoms with van der Waals surface area (Å²) in [5.74, 6) is 0.202. The highest BCUT2D eigenvalue weighted by Gasteiger charge is 2.14. The number of rotatable bonds is 4. The van der Waals surface area contributed by atoms with Crippen molar-refractivity contribution >= 4 is 11.6 Å². The Morgan fingerprint density at radius 2 is 1.90 bits per heavy atom. The van der Waals surface area contributed by atoms with E-state index in [1.807, 2.05) is 44.2 Å². The normalized spacial score (nSPS) is 10.3. The molecule has 3 nitrogen and oxygen atoms in total. The zero-order valence-corrected chi connectivity index (χ0v) is 11.8. The van der Waals surface area contributed by atoms with Crippen LogP contribution in [0.4, 0.5) is 5.69 Å². The van der Waals surface area contributed by atoms with Gasteiger partial charge in [-0.1, -0.05) is 35.9 Å². The van der Waals surface area contributed by atoms with E-state index in [-0.39, 0.29) is 11.7 Å². The topological polar surface area (TPSA) is 40.5 Å². The lowest BCUT2D eigenvalue weighted by Crippen LogP contribution is -2.31. The van der Waals surface area contributed by atoms with E-state index < -0.39 is 0 Å². The molecule has 1 amide bonds. The van der Waals surface area contributed by atoms with Crippen LogP contribution in [0, 0.1) is 6.92 Å². The number of phenolic OH excluding ortho intramolecular Hbond substituents is 1. The first-order chi connectivity index (χ1) is 9.60. The molecule has 0 aliphatic rings. The van der Waals surface area contributed by atoms with Crippen LogP contribution >= 0.6 is 0 Å². The van der Waals surface area contributed by atoms with Crippen LogP contribution in [-0.4, -0.2) is 17.6 Å². The number of hydrogen-bond acceptors (Lipinski definition) is 2. The van der Waals surface area contributed by atoms with E-state index in [1.54, 1.807) is 23.1 Å². The molecule has 2 aromatic carbocycles. The first kappa shape index (κ1) is 14.1. The third-order valence-electron chi connectivity index (χ3n) is 3.20. The Morgan fingerprint density at radius 3 is 2.55 bits per heavy atom. The van der Waals surface area contributed by atoms with Gasteiger partial charge in [-0.05, 0) is 31.5 Å². The fourth-order valence-corrected chi connectivity index (χ4v) is 2.26. The van der Waals surface area contributed by atoms with E-state index in [1.165, 1.54) is 0 Å². The largest absolute Gasteiger partial charge is 0.508 e. The molecule has 0 unspecified atom stereocenters. The number of carbonyl (C=O) groups excluding carboxylic acids is 1. The maximum Gasteiger partial charge on any atom is 0.231 e. The number of hydrogen-bond donors (Lipinski definition) is 1. The summed E-state index contributed by atoms with van der Waals surface area (Å²) in [5.41, 5.74) is 2.88.